The molecule has 86 valence electrons. The van der Waals surface area contributed by atoms with Crippen molar-refractivity contribution in [3.8, 4) is 0 Å². The molecule has 0 heterocycles. The van der Waals surface area contributed by atoms with Gasteiger partial charge < -0.3 is 16.4 Å². The molecule has 0 aromatic rings. The molecular weight excluding hydrogens is 218 g/mol. The molecule has 0 aliphatic heterocycles. The monoisotopic (exact) mass is 233 g/mol. The molecule has 3 amide bonds. The Kier molecular flexibility index (Phi) is 5.76. The Morgan fingerprint density at radius 3 is 2.20 bits per heavy atom. The predicted molar refractivity (Wildman–Crippen MR) is 58.3 cm³/mol. The number of carbonyl (C=O) groups is 3. The van der Waals surface area contributed by atoms with E-state index in [1.165, 1.54) is 13.8 Å². The minimum absolute atomic E-state index is 0.150. The molecule has 0 fully saturated rings. The highest BCUT2D eigenvalue weighted by Crippen LogP contribution is 1.90. The van der Waals surface area contributed by atoms with Crippen molar-refractivity contribution in [3.63, 3.8) is 0 Å². The van der Waals surface area contributed by atoms with Gasteiger partial charge in [-0.1, -0.05) is 0 Å². The zero-order valence-electron chi connectivity index (χ0n) is 8.61. The van der Waals surface area contributed by atoms with Gasteiger partial charge in [0.25, 0.3) is 0 Å². The highest BCUT2D eigenvalue weighted by atomic mass is 32.1. The maximum atomic E-state index is 11.4. The molecule has 0 spiro atoms. The highest BCUT2D eigenvalue weighted by Gasteiger charge is 2.20. The molecule has 0 saturated heterocycles. The highest BCUT2D eigenvalue weighted by molar-refractivity contribution is 7.80. The Morgan fingerprint density at radius 1 is 1.33 bits per heavy atom. The van der Waals surface area contributed by atoms with Crippen molar-refractivity contribution in [2.45, 2.75) is 25.9 Å². The Morgan fingerprint density at radius 2 is 1.87 bits per heavy atom. The summed E-state index contributed by atoms with van der Waals surface area (Å²) in [5.41, 5.74) is 4.97. The molecule has 0 aliphatic carbocycles. The van der Waals surface area contributed by atoms with Gasteiger partial charge in [0.15, 0.2) is 0 Å². The van der Waals surface area contributed by atoms with E-state index in [-0.39, 0.29) is 11.7 Å². The van der Waals surface area contributed by atoms with E-state index in [9.17, 15) is 14.4 Å². The van der Waals surface area contributed by atoms with Crippen LogP contribution in [0.3, 0.4) is 0 Å². The molecule has 15 heavy (non-hydrogen) atoms. The first-order chi connectivity index (χ1) is 6.88. The summed E-state index contributed by atoms with van der Waals surface area (Å²) >= 11 is 3.91. The fourth-order valence-corrected chi connectivity index (χ4v) is 1.08. The number of carbonyl (C=O) groups excluding carboxylic acids is 3. The molecule has 7 heteroatoms. The maximum absolute atomic E-state index is 11.4. The molecule has 2 atom stereocenters. The second-order valence-corrected chi connectivity index (χ2v) is 3.43. The van der Waals surface area contributed by atoms with Gasteiger partial charge in [0, 0.05) is 12.7 Å². The van der Waals surface area contributed by atoms with Crippen molar-refractivity contribution in [3.05, 3.63) is 0 Å². The summed E-state index contributed by atoms with van der Waals surface area (Å²) in [6.45, 7) is 2.75. The maximum Gasteiger partial charge on any atom is 0.244 e. The largest absolute Gasteiger partial charge is 0.368 e. The Bertz CT molecular complexity index is 270. The third kappa shape index (κ3) is 5.26. The summed E-state index contributed by atoms with van der Waals surface area (Å²) in [6, 6.07) is -1.53. The molecule has 0 rings (SSSR count). The average Bonchev–Trinajstić information content (AvgIpc) is 2.13. The number of nitrogens with two attached hydrogens (primary N) is 1. The van der Waals surface area contributed by atoms with Gasteiger partial charge in [0.1, 0.15) is 12.1 Å². The summed E-state index contributed by atoms with van der Waals surface area (Å²) in [7, 11) is 0. The smallest absolute Gasteiger partial charge is 0.244 e. The fourth-order valence-electron chi connectivity index (χ4n) is 0.825. The number of rotatable bonds is 5. The standard InChI is InChI=1S/C8H15N3O3S/c1-4(7(9)13)10-8(14)6(3-15)11-5(2)12/h4,6,15H,3H2,1-2H3,(H2,9,13)(H,10,14)(H,11,12). The lowest BCUT2D eigenvalue weighted by Crippen LogP contribution is -2.52. The Balaban J connectivity index is 4.27. The zero-order valence-corrected chi connectivity index (χ0v) is 9.51. The third-order valence-corrected chi connectivity index (χ3v) is 2.03. The first kappa shape index (κ1) is 13.8. The number of primary amides is 1. The summed E-state index contributed by atoms with van der Waals surface area (Å²) in [5.74, 6) is -1.30. The normalized spacial score (nSPS) is 13.8. The SMILES string of the molecule is CC(=O)NC(CS)C(=O)NC(C)C(N)=O. The molecule has 0 saturated carbocycles. The van der Waals surface area contributed by atoms with Gasteiger partial charge in [-0.3, -0.25) is 14.4 Å². The third-order valence-electron chi connectivity index (χ3n) is 1.66. The van der Waals surface area contributed by atoms with E-state index in [0.717, 1.165) is 0 Å². The lowest BCUT2D eigenvalue weighted by molar-refractivity contribution is -0.130. The van der Waals surface area contributed by atoms with E-state index in [2.05, 4.69) is 23.3 Å². The van der Waals surface area contributed by atoms with Crippen molar-refractivity contribution in [2.24, 2.45) is 5.73 Å². The van der Waals surface area contributed by atoms with E-state index in [1.807, 2.05) is 0 Å². The lowest BCUT2D eigenvalue weighted by atomic mass is 10.2. The molecule has 4 N–H and O–H groups in total. The number of hydrogen-bond donors (Lipinski definition) is 4. The van der Waals surface area contributed by atoms with E-state index in [1.54, 1.807) is 0 Å². The average molecular weight is 233 g/mol. The van der Waals surface area contributed by atoms with Gasteiger partial charge in [0.2, 0.25) is 17.7 Å². The molecular formula is C8H15N3O3S. The Labute approximate surface area is 93.4 Å². The number of hydrogen-bond acceptors (Lipinski definition) is 4. The van der Waals surface area contributed by atoms with Crippen LogP contribution in [0.5, 0.6) is 0 Å². The zero-order chi connectivity index (χ0) is 12.0. The van der Waals surface area contributed by atoms with Gasteiger partial charge in [-0.15, -0.1) is 0 Å². The van der Waals surface area contributed by atoms with Crippen molar-refractivity contribution in [1.29, 1.82) is 0 Å². The number of amides is 3. The van der Waals surface area contributed by atoms with Gasteiger partial charge in [0.05, 0.1) is 0 Å². The Hall–Kier alpha value is -1.24. The minimum Gasteiger partial charge on any atom is -0.368 e. The van der Waals surface area contributed by atoms with E-state index >= 15 is 0 Å². The van der Waals surface area contributed by atoms with Crippen LogP contribution in [-0.2, 0) is 14.4 Å². The van der Waals surface area contributed by atoms with E-state index in [0.29, 0.717) is 0 Å². The van der Waals surface area contributed by atoms with Crippen LogP contribution in [0, 0.1) is 0 Å². The van der Waals surface area contributed by atoms with Crippen LogP contribution in [0.2, 0.25) is 0 Å². The second kappa shape index (κ2) is 6.28. The summed E-state index contributed by atoms with van der Waals surface area (Å²) in [5, 5.41) is 4.75. The van der Waals surface area contributed by atoms with Crippen LogP contribution < -0.4 is 16.4 Å². The lowest BCUT2D eigenvalue weighted by Gasteiger charge is -2.17. The van der Waals surface area contributed by atoms with Crippen molar-refractivity contribution in [2.75, 3.05) is 5.75 Å². The van der Waals surface area contributed by atoms with Crippen molar-refractivity contribution >= 4 is 30.4 Å². The fraction of sp³-hybridized carbons (Fsp3) is 0.625. The molecule has 0 aromatic heterocycles. The molecule has 2 unspecified atom stereocenters. The minimum atomic E-state index is -0.770. The van der Waals surface area contributed by atoms with Gasteiger partial charge in [-0.2, -0.15) is 12.6 Å². The first-order valence-corrected chi connectivity index (χ1v) is 4.99. The molecule has 0 radical (unpaired) electrons. The number of thiol groups is 1. The molecule has 6 nitrogen and oxygen atoms in total. The summed E-state index contributed by atoms with van der Waals surface area (Å²) < 4.78 is 0. The molecule has 0 bridgehead atoms. The van der Waals surface area contributed by atoms with Crippen LogP contribution in [0.4, 0.5) is 0 Å². The van der Waals surface area contributed by atoms with Gasteiger partial charge in [-0.05, 0) is 6.92 Å². The van der Waals surface area contributed by atoms with E-state index in [4.69, 9.17) is 5.73 Å². The van der Waals surface area contributed by atoms with Crippen LogP contribution in [-0.4, -0.2) is 35.6 Å². The van der Waals surface area contributed by atoms with Crippen LogP contribution in [0.25, 0.3) is 0 Å². The van der Waals surface area contributed by atoms with Crippen LogP contribution in [0.15, 0.2) is 0 Å². The number of nitrogens with one attached hydrogen (secondary N) is 2. The summed E-state index contributed by atoms with van der Waals surface area (Å²) in [6.07, 6.45) is 0. The quantitative estimate of drug-likeness (QED) is 0.431. The van der Waals surface area contributed by atoms with Crippen LogP contribution in [0.1, 0.15) is 13.8 Å². The van der Waals surface area contributed by atoms with Crippen LogP contribution >= 0.6 is 12.6 Å². The van der Waals surface area contributed by atoms with Gasteiger partial charge in [-0.25, -0.2) is 0 Å². The summed E-state index contributed by atoms with van der Waals surface area (Å²) in [4.78, 5) is 32.8. The van der Waals surface area contributed by atoms with Crippen molar-refractivity contribution in [1.82, 2.24) is 10.6 Å². The second-order valence-electron chi connectivity index (χ2n) is 3.07. The predicted octanol–water partition coefficient (Wildman–Crippen LogP) is -1.59. The first-order valence-electron chi connectivity index (χ1n) is 4.36. The molecule has 0 aromatic carbocycles. The van der Waals surface area contributed by atoms with Crippen molar-refractivity contribution < 1.29 is 14.4 Å². The van der Waals surface area contributed by atoms with E-state index < -0.39 is 23.9 Å². The topological polar surface area (TPSA) is 101 Å². The molecule has 0 aliphatic rings. The van der Waals surface area contributed by atoms with Gasteiger partial charge >= 0.3 is 0 Å².